The first-order valence-electron chi connectivity index (χ1n) is 5.54. The first-order chi connectivity index (χ1) is 9.29. The van der Waals surface area contributed by atoms with Crippen LogP contribution in [0.2, 0.25) is 5.02 Å². The van der Waals surface area contributed by atoms with Crippen molar-refractivity contribution in [2.75, 3.05) is 0 Å². The summed E-state index contributed by atoms with van der Waals surface area (Å²) in [6.07, 6.45) is -7.16. The van der Waals surface area contributed by atoms with Crippen LogP contribution in [0.4, 0.5) is 22.0 Å². The fourth-order valence-corrected chi connectivity index (χ4v) is 1.94. The van der Waals surface area contributed by atoms with E-state index in [0.29, 0.717) is 11.1 Å². The molecule has 0 saturated carbocycles. The third kappa shape index (κ3) is 3.10. The molecule has 2 rings (SSSR count). The molecule has 6 heteroatoms. The monoisotopic (exact) mass is 306 g/mol. The summed E-state index contributed by atoms with van der Waals surface area (Å²) in [6.45, 7) is 0. The lowest BCUT2D eigenvalue weighted by Crippen LogP contribution is -2.04. The van der Waals surface area contributed by atoms with Crippen molar-refractivity contribution in [1.82, 2.24) is 0 Å². The van der Waals surface area contributed by atoms with Crippen molar-refractivity contribution in [3.05, 3.63) is 58.6 Å². The second-order valence-electron chi connectivity index (χ2n) is 4.11. The number of hydrogen-bond acceptors (Lipinski definition) is 0. The minimum Gasteiger partial charge on any atom is -0.205 e. The Kier molecular flexibility index (Phi) is 3.99. The molecule has 0 atom stereocenters. The van der Waals surface area contributed by atoms with Gasteiger partial charge in [0.1, 0.15) is 0 Å². The van der Waals surface area contributed by atoms with Crippen molar-refractivity contribution < 1.29 is 22.0 Å². The highest BCUT2D eigenvalue weighted by Crippen LogP contribution is 2.34. The second kappa shape index (κ2) is 5.40. The van der Waals surface area contributed by atoms with Gasteiger partial charge in [-0.05, 0) is 35.4 Å². The quantitative estimate of drug-likeness (QED) is 0.600. The smallest absolute Gasteiger partial charge is 0.205 e. The lowest BCUT2D eigenvalue weighted by atomic mass is 10.0. The normalized spacial score (nSPS) is 11.9. The van der Waals surface area contributed by atoms with E-state index < -0.39 is 18.2 Å². The van der Waals surface area contributed by atoms with Crippen molar-refractivity contribution in [2.24, 2.45) is 0 Å². The Morgan fingerprint density at radius 3 is 1.90 bits per heavy atom. The molecule has 0 aliphatic carbocycles. The van der Waals surface area contributed by atoms with E-state index in [2.05, 4.69) is 0 Å². The first kappa shape index (κ1) is 14.8. The third-order valence-electron chi connectivity index (χ3n) is 2.78. The number of halogens is 6. The summed E-state index contributed by atoms with van der Waals surface area (Å²) in [7, 11) is 0. The van der Waals surface area contributed by atoms with Gasteiger partial charge in [0.15, 0.2) is 0 Å². The Morgan fingerprint density at radius 1 is 0.850 bits per heavy atom. The summed E-state index contributed by atoms with van der Waals surface area (Å²) in [6, 6.07) is 8.25. The van der Waals surface area contributed by atoms with Crippen molar-refractivity contribution in [2.45, 2.75) is 12.6 Å². The van der Waals surface area contributed by atoms with E-state index in [-0.39, 0.29) is 10.6 Å². The molecule has 106 valence electrons. The highest BCUT2D eigenvalue weighted by molar-refractivity contribution is 6.31. The molecule has 0 spiro atoms. The maximum absolute atomic E-state index is 12.7. The molecule has 0 aromatic heterocycles. The molecule has 0 heterocycles. The fourth-order valence-electron chi connectivity index (χ4n) is 1.74. The number of alkyl halides is 5. The topological polar surface area (TPSA) is 0 Å². The lowest BCUT2D eigenvalue weighted by molar-refractivity contribution is -0.137. The predicted octanol–water partition coefficient (Wildman–Crippen LogP) is 5.96. The predicted molar refractivity (Wildman–Crippen MR) is 66.8 cm³/mol. The highest BCUT2D eigenvalue weighted by atomic mass is 35.5. The maximum Gasteiger partial charge on any atom is 0.416 e. The molecule has 0 aliphatic heterocycles. The molecule has 20 heavy (non-hydrogen) atoms. The third-order valence-corrected chi connectivity index (χ3v) is 3.12. The van der Waals surface area contributed by atoms with E-state index in [1.165, 1.54) is 30.3 Å². The van der Waals surface area contributed by atoms with Crippen LogP contribution in [0, 0.1) is 0 Å². The Balaban J connectivity index is 2.40. The van der Waals surface area contributed by atoms with Crippen molar-refractivity contribution >= 4 is 11.6 Å². The average molecular weight is 307 g/mol. The summed E-state index contributed by atoms with van der Waals surface area (Å²) in [5.41, 5.74) is -0.330. The molecule has 0 fully saturated rings. The van der Waals surface area contributed by atoms with Crippen LogP contribution in [0.1, 0.15) is 17.6 Å². The Bertz CT molecular complexity index is 602. The van der Waals surface area contributed by atoms with Crippen molar-refractivity contribution in [3.63, 3.8) is 0 Å². The van der Waals surface area contributed by atoms with Gasteiger partial charge in [0.05, 0.1) is 5.56 Å². The van der Waals surface area contributed by atoms with Crippen LogP contribution in [0.5, 0.6) is 0 Å². The minimum absolute atomic E-state index is 0.0735. The minimum atomic E-state index is -4.42. The van der Waals surface area contributed by atoms with Crippen LogP contribution < -0.4 is 0 Å². The van der Waals surface area contributed by atoms with Gasteiger partial charge in [-0.1, -0.05) is 29.8 Å². The molecular weight excluding hydrogens is 299 g/mol. The van der Waals surface area contributed by atoms with Crippen molar-refractivity contribution in [3.8, 4) is 11.1 Å². The summed E-state index contributed by atoms with van der Waals surface area (Å²) >= 11 is 5.63. The summed E-state index contributed by atoms with van der Waals surface area (Å²) in [4.78, 5) is 0. The van der Waals surface area contributed by atoms with Gasteiger partial charge >= 0.3 is 6.18 Å². The number of hydrogen-bond donors (Lipinski definition) is 0. The molecule has 0 aliphatic rings. The van der Waals surface area contributed by atoms with E-state index in [4.69, 9.17) is 11.6 Å². The summed E-state index contributed by atoms with van der Waals surface area (Å²) < 4.78 is 62.7. The van der Waals surface area contributed by atoms with Gasteiger partial charge in [-0.25, -0.2) is 8.78 Å². The zero-order valence-corrected chi connectivity index (χ0v) is 10.6. The summed E-state index contributed by atoms with van der Waals surface area (Å²) in [5.74, 6) is 0. The van der Waals surface area contributed by atoms with E-state index in [1.807, 2.05) is 0 Å². The number of rotatable bonds is 2. The molecule has 0 bridgehead atoms. The lowest BCUT2D eigenvalue weighted by Gasteiger charge is -2.09. The zero-order chi connectivity index (χ0) is 14.9. The molecule has 2 aromatic carbocycles. The second-order valence-corrected chi connectivity index (χ2v) is 4.52. The van der Waals surface area contributed by atoms with Crippen LogP contribution in [0.15, 0.2) is 42.5 Å². The average Bonchev–Trinajstić information content (AvgIpc) is 2.38. The van der Waals surface area contributed by atoms with Gasteiger partial charge in [-0.3, -0.25) is 0 Å². The van der Waals surface area contributed by atoms with Gasteiger partial charge in [-0.2, -0.15) is 13.2 Å². The summed E-state index contributed by atoms with van der Waals surface area (Å²) in [5, 5.41) is -0.0735. The molecule has 0 saturated heterocycles. The molecule has 2 aromatic rings. The van der Waals surface area contributed by atoms with Crippen LogP contribution in [-0.4, -0.2) is 0 Å². The molecule has 0 nitrogen and oxygen atoms in total. The molecule has 0 radical (unpaired) electrons. The SMILES string of the molecule is FC(F)c1cc(-c2ccc(C(F)(F)F)cc2)ccc1Cl. The first-order valence-corrected chi connectivity index (χ1v) is 5.92. The Morgan fingerprint density at radius 2 is 1.40 bits per heavy atom. The van der Waals surface area contributed by atoms with E-state index >= 15 is 0 Å². The standard InChI is InChI=1S/C14H8ClF5/c15-12-6-3-9(7-11(12)13(16)17)8-1-4-10(5-2-8)14(18,19)20/h1-7,13H. The van der Waals surface area contributed by atoms with Gasteiger partial charge in [0.25, 0.3) is 6.43 Å². The van der Waals surface area contributed by atoms with Crippen molar-refractivity contribution in [1.29, 1.82) is 0 Å². The van der Waals surface area contributed by atoms with E-state index in [9.17, 15) is 22.0 Å². The Labute approximate surface area is 116 Å². The van der Waals surface area contributed by atoms with Gasteiger partial charge in [0.2, 0.25) is 0 Å². The van der Waals surface area contributed by atoms with Crippen LogP contribution in [0.25, 0.3) is 11.1 Å². The molecule has 0 unspecified atom stereocenters. The Hall–Kier alpha value is -1.62. The van der Waals surface area contributed by atoms with Gasteiger partial charge < -0.3 is 0 Å². The molecule has 0 N–H and O–H groups in total. The largest absolute Gasteiger partial charge is 0.416 e. The highest BCUT2D eigenvalue weighted by Gasteiger charge is 2.30. The van der Waals surface area contributed by atoms with Crippen LogP contribution in [0.3, 0.4) is 0 Å². The van der Waals surface area contributed by atoms with E-state index in [1.54, 1.807) is 0 Å². The van der Waals surface area contributed by atoms with Crippen LogP contribution in [-0.2, 0) is 6.18 Å². The molecule has 0 amide bonds. The molecular formula is C14H8ClF5. The van der Waals surface area contributed by atoms with Gasteiger partial charge in [-0.15, -0.1) is 0 Å². The van der Waals surface area contributed by atoms with E-state index in [0.717, 1.165) is 12.1 Å². The number of benzene rings is 2. The maximum atomic E-state index is 12.7. The van der Waals surface area contributed by atoms with Gasteiger partial charge in [0, 0.05) is 10.6 Å². The zero-order valence-electron chi connectivity index (χ0n) is 9.89. The van der Waals surface area contributed by atoms with Crippen LogP contribution >= 0.6 is 11.6 Å². The fraction of sp³-hybridized carbons (Fsp3) is 0.143.